The van der Waals surface area contributed by atoms with Gasteiger partial charge in [0.1, 0.15) is 0 Å². The predicted octanol–water partition coefficient (Wildman–Crippen LogP) is 1.77. The van der Waals surface area contributed by atoms with Crippen molar-refractivity contribution in [3.8, 4) is 0 Å². The van der Waals surface area contributed by atoms with Gasteiger partial charge in [-0.3, -0.25) is 0 Å². The topological polar surface area (TPSA) is 41.5 Å². The summed E-state index contributed by atoms with van der Waals surface area (Å²) >= 11 is 1.77. The summed E-state index contributed by atoms with van der Waals surface area (Å²) in [7, 11) is 0. The van der Waals surface area contributed by atoms with E-state index in [-0.39, 0.29) is 12.1 Å². The minimum absolute atomic E-state index is 0.0803. The average molecular weight is 241 g/mol. The highest BCUT2D eigenvalue weighted by molar-refractivity contribution is 7.09. The minimum Gasteiger partial charge on any atom is -0.396 e. The lowest BCUT2D eigenvalue weighted by molar-refractivity contribution is 0.0268. The number of hydrogen-bond donors (Lipinski definition) is 2. The molecule has 0 spiro atoms. The minimum atomic E-state index is 0.0803. The first-order valence-electron chi connectivity index (χ1n) is 5.81. The third kappa shape index (κ3) is 3.04. The molecule has 0 atom stereocenters. The van der Waals surface area contributed by atoms with Crippen LogP contribution in [0, 0.1) is 0 Å². The number of thiophene rings is 1. The number of rotatable bonds is 5. The summed E-state index contributed by atoms with van der Waals surface area (Å²) in [5.74, 6) is 0. The van der Waals surface area contributed by atoms with Crippen LogP contribution in [0.25, 0.3) is 0 Å². The van der Waals surface area contributed by atoms with E-state index in [1.54, 1.807) is 11.3 Å². The van der Waals surface area contributed by atoms with Crippen molar-refractivity contribution in [2.45, 2.75) is 31.3 Å². The third-order valence-electron chi connectivity index (χ3n) is 3.26. The van der Waals surface area contributed by atoms with Gasteiger partial charge in [-0.2, -0.15) is 0 Å². The Morgan fingerprint density at radius 2 is 2.25 bits per heavy atom. The second-order valence-electron chi connectivity index (χ2n) is 4.30. The fraction of sp³-hybridized carbons (Fsp3) is 0.667. The van der Waals surface area contributed by atoms with Crippen LogP contribution in [0.5, 0.6) is 0 Å². The molecule has 1 aliphatic rings. The maximum absolute atomic E-state index is 9.16. The zero-order chi connectivity index (χ0) is 11.3. The molecule has 4 heteroatoms. The smallest absolute Gasteiger partial charge is 0.0483 e. The predicted molar refractivity (Wildman–Crippen MR) is 65.6 cm³/mol. The summed E-state index contributed by atoms with van der Waals surface area (Å²) in [5, 5.41) is 14.9. The molecule has 16 heavy (non-hydrogen) atoms. The van der Waals surface area contributed by atoms with Crippen LogP contribution in [0.15, 0.2) is 17.5 Å². The molecule has 2 rings (SSSR count). The van der Waals surface area contributed by atoms with Gasteiger partial charge < -0.3 is 15.2 Å². The van der Waals surface area contributed by atoms with Crippen LogP contribution in [-0.4, -0.2) is 30.5 Å². The number of ether oxygens (including phenoxy) is 1. The van der Waals surface area contributed by atoms with Gasteiger partial charge in [0.05, 0.1) is 0 Å². The van der Waals surface area contributed by atoms with Gasteiger partial charge in [-0.25, -0.2) is 0 Å². The zero-order valence-corrected chi connectivity index (χ0v) is 10.3. The molecule has 1 fully saturated rings. The first-order chi connectivity index (χ1) is 7.85. The van der Waals surface area contributed by atoms with E-state index in [0.717, 1.165) is 39.0 Å². The number of aliphatic hydroxyl groups is 1. The van der Waals surface area contributed by atoms with Gasteiger partial charge in [0.15, 0.2) is 0 Å². The maximum atomic E-state index is 9.16. The van der Waals surface area contributed by atoms with Crippen molar-refractivity contribution in [3.63, 3.8) is 0 Å². The average Bonchev–Trinajstić information content (AvgIpc) is 2.81. The van der Waals surface area contributed by atoms with Gasteiger partial charge in [0.2, 0.25) is 0 Å². The van der Waals surface area contributed by atoms with Gasteiger partial charge in [-0.1, -0.05) is 6.07 Å². The summed E-state index contributed by atoms with van der Waals surface area (Å²) in [6, 6.07) is 4.22. The van der Waals surface area contributed by atoms with E-state index in [1.165, 1.54) is 4.88 Å². The standard InChI is InChI=1S/C12H19NO2S/c14-6-3-12(4-7-15-8-5-12)13-10-11-2-1-9-16-11/h1-2,9,13-14H,3-8,10H2. The summed E-state index contributed by atoms with van der Waals surface area (Å²) in [6.07, 6.45) is 2.82. The summed E-state index contributed by atoms with van der Waals surface area (Å²) in [4.78, 5) is 1.35. The molecule has 0 bridgehead atoms. The molecule has 0 aliphatic carbocycles. The number of hydrogen-bond acceptors (Lipinski definition) is 4. The quantitative estimate of drug-likeness (QED) is 0.825. The van der Waals surface area contributed by atoms with Crippen molar-refractivity contribution >= 4 is 11.3 Å². The van der Waals surface area contributed by atoms with Crippen LogP contribution < -0.4 is 5.32 Å². The van der Waals surface area contributed by atoms with E-state index >= 15 is 0 Å². The fourth-order valence-electron chi connectivity index (χ4n) is 2.18. The summed E-state index contributed by atoms with van der Waals surface area (Å²) in [5.41, 5.74) is 0.0803. The molecule has 0 radical (unpaired) electrons. The van der Waals surface area contributed by atoms with Crippen molar-refractivity contribution in [2.75, 3.05) is 19.8 Å². The highest BCUT2D eigenvalue weighted by Crippen LogP contribution is 2.25. The molecule has 0 amide bonds. The van der Waals surface area contributed by atoms with Gasteiger partial charge >= 0.3 is 0 Å². The van der Waals surface area contributed by atoms with E-state index in [2.05, 4.69) is 22.8 Å². The molecule has 2 heterocycles. The van der Waals surface area contributed by atoms with E-state index in [1.807, 2.05) is 0 Å². The van der Waals surface area contributed by atoms with Crippen LogP contribution in [0.1, 0.15) is 24.1 Å². The second kappa shape index (κ2) is 5.77. The molecule has 0 unspecified atom stereocenters. The lowest BCUT2D eigenvalue weighted by Crippen LogP contribution is -2.49. The Morgan fingerprint density at radius 1 is 1.44 bits per heavy atom. The summed E-state index contributed by atoms with van der Waals surface area (Å²) < 4.78 is 5.39. The molecular weight excluding hydrogens is 222 g/mol. The normalized spacial score (nSPS) is 19.8. The van der Waals surface area contributed by atoms with E-state index in [4.69, 9.17) is 9.84 Å². The molecule has 1 aromatic heterocycles. The molecule has 2 N–H and O–H groups in total. The number of aliphatic hydroxyl groups excluding tert-OH is 1. The van der Waals surface area contributed by atoms with Gasteiger partial charge in [0.25, 0.3) is 0 Å². The van der Waals surface area contributed by atoms with Crippen molar-refractivity contribution in [3.05, 3.63) is 22.4 Å². The fourth-order valence-corrected chi connectivity index (χ4v) is 2.82. The molecule has 90 valence electrons. The Balaban J connectivity index is 1.91. The van der Waals surface area contributed by atoms with Crippen molar-refractivity contribution < 1.29 is 9.84 Å². The first-order valence-corrected chi connectivity index (χ1v) is 6.69. The molecule has 0 saturated carbocycles. The molecular formula is C12H19NO2S. The van der Waals surface area contributed by atoms with E-state index < -0.39 is 0 Å². The van der Waals surface area contributed by atoms with E-state index in [0.29, 0.717) is 0 Å². The van der Waals surface area contributed by atoms with Crippen LogP contribution in [0.2, 0.25) is 0 Å². The van der Waals surface area contributed by atoms with Crippen molar-refractivity contribution in [2.24, 2.45) is 0 Å². The van der Waals surface area contributed by atoms with Crippen LogP contribution in [0.4, 0.5) is 0 Å². The van der Waals surface area contributed by atoms with Crippen molar-refractivity contribution in [1.82, 2.24) is 5.32 Å². The van der Waals surface area contributed by atoms with Crippen LogP contribution in [0.3, 0.4) is 0 Å². The number of nitrogens with one attached hydrogen (secondary N) is 1. The Hall–Kier alpha value is -0.420. The lowest BCUT2D eigenvalue weighted by atomic mass is 9.87. The molecule has 3 nitrogen and oxygen atoms in total. The molecule has 1 saturated heterocycles. The van der Waals surface area contributed by atoms with Gasteiger partial charge in [-0.15, -0.1) is 11.3 Å². The highest BCUT2D eigenvalue weighted by Gasteiger charge is 2.31. The van der Waals surface area contributed by atoms with Crippen molar-refractivity contribution in [1.29, 1.82) is 0 Å². The molecule has 0 aromatic carbocycles. The Labute approximate surface area is 100 Å². The lowest BCUT2D eigenvalue weighted by Gasteiger charge is -2.37. The van der Waals surface area contributed by atoms with E-state index in [9.17, 15) is 0 Å². The zero-order valence-electron chi connectivity index (χ0n) is 9.45. The molecule has 1 aromatic rings. The SMILES string of the molecule is OCCC1(NCc2cccs2)CCOCC1. The Kier molecular flexibility index (Phi) is 4.35. The highest BCUT2D eigenvalue weighted by atomic mass is 32.1. The summed E-state index contributed by atoms with van der Waals surface area (Å²) in [6.45, 7) is 2.75. The van der Waals surface area contributed by atoms with Gasteiger partial charge in [0, 0.05) is 36.8 Å². The van der Waals surface area contributed by atoms with Crippen LogP contribution in [-0.2, 0) is 11.3 Å². The first kappa shape index (κ1) is 12.0. The molecule has 1 aliphatic heterocycles. The Morgan fingerprint density at radius 3 is 2.88 bits per heavy atom. The van der Waals surface area contributed by atoms with Gasteiger partial charge in [-0.05, 0) is 30.7 Å². The Bertz CT molecular complexity index is 288. The monoisotopic (exact) mass is 241 g/mol. The third-order valence-corrected chi connectivity index (χ3v) is 4.13. The van der Waals surface area contributed by atoms with Crippen LogP contribution >= 0.6 is 11.3 Å². The maximum Gasteiger partial charge on any atom is 0.0483 e. The largest absolute Gasteiger partial charge is 0.396 e. The second-order valence-corrected chi connectivity index (χ2v) is 5.33.